The van der Waals surface area contributed by atoms with Crippen LogP contribution in [0.4, 0.5) is 5.69 Å². The summed E-state index contributed by atoms with van der Waals surface area (Å²) >= 11 is 0. The summed E-state index contributed by atoms with van der Waals surface area (Å²) in [6.45, 7) is 0.395. The van der Waals surface area contributed by atoms with Gasteiger partial charge in [0.05, 0.1) is 5.71 Å². The third kappa shape index (κ3) is 1.46. The van der Waals surface area contributed by atoms with E-state index in [1.807, 2.05) is 24.3 Å². The van der Waals surface area contributed by atoms with E-state index >= 15 is 0 Å². The monoisotopic (exact) mass is 211 g/mol. The van der Waals surface area contributed by atoms with E-state index < -0.39 is 0 Å². The zero-order valence-corrected chi connectivity index (χ0v) is 8.51. The van der Waals surface area contributed by atoms with Crippen LogP contribution in [0, 0.1) is 0 Å². The number of fused-ring (bicyclic) bond motifs is 2. The number of para-hydroxylation sites is 2. The average molecular weight is 211 g/mol. The van der Waals surface area contributed by atoms with Gasteiger partial charge in [-0.2, -0.15) is 0 Å². The fourth-order valence-electron chi connectivity index (χ4n) is 1.74. The van der Waals surface area contributed by atoms with Crippen molar-refractivity contribution >= 4 is 17.2 Å². The lowest BCUT2D eigenvalue weighted by Crippen LogP contribution is -2.12. The first-order chi connectivity index (χ1) is 7.83. The number of carbonyl (C=O) groups is 1. The van der Waals surface area contributed by atoms with Gasteiger partial charge in [-0.25, -0.2) is 4.99 Å². The Labute approximate surface area is 92.8 Å². The maximum Gasteiger partial charge on any atom is 0.179 e. The van der Waals surface area contributed by atoms with Crippen LogP contribution in [0.2, 0.25) is 0 Å². The molecule has 3 heteroatoms. The molecule has 1 aliphatic heterocycles. The first-order valence-corrected chi connectivity index (χ1v) is 5.06. The molecule has 1 aromatic rings. The van der Waals surface area contributed by atoms with E-state index in [1.54, 1.807) is 12.2 Å². The summed E-state index contributed by atoms with van der Waals surface area (Å²) in [6, 6.07) is 7.60. The minimum atomic E-state index is -0.0106. The highest BCUT2D eigenvalue weighted by molar-refractivity contribution is 6.20. The van der Waals surface area contributed by atoms with Gasteiger partial charge in [-0.1, -0.05) is 12.1 Å². The fourth-order valence-corrected chi connectivity index (χ4v) is 1.74. The number of ether oxygens (including phenoxy) is 1. The number of ketones is 1. The van der Waals surface area contributed by atoms with Crippen molar-refractivity contribution in [3.05, 3.63) is 48.1 Å². The number of allylic oxidation sites excluding steroid dienone is 3. The van der Waals surface area contributed by atoms with Crippen molar-refractivity contribution in [2.75, 3.05) is 6.61 Å². The van der Waals surface area contributed by atoms with Gasteiger partial charge >= 0.3 is 0 Å². The largest absolute Gasteiger partial charge is 0.487 e. The van der Waals surface area contributed by atoms with Crippen LogP contribution >= 0.6 is 0 Å². The van der Waals surface area contributed by atoms with Crippen LogP contribution < -0.4 is 4.74 Å². The molecule has 0 amide bonds. The van der Waals surface area contributed by atoms with Crippen molar-refractivity contribution in [1.82, 2.24) is 0 Å². The van der Waals surface area contributed by atoms with Crippen LogP contribution in [0.5, 0.6) is 5.75 Å². The Morgan fingerprint density at radius 3 is 3.00 bits per heavy atom. The van der Waals surface area contributed by atoms with Crippen molar-refractivity contribution in [3.8, 4) is 5.75 Å². The molecule has 16 heavy (non-hydrogen) atoms. The molecule has 0 fully saturated rings. The van der Waals surface area contributed by atoms with Gasteiger partial charge in [-0.3, -0.25) is 4.79 Å². The molecule has 0 saturated carbocycles. The molecule has 78 valence electrons. The van der Waals surface area contributed by atoms with Crippen molar-refractivity contribution in [1.29, 1.82) is 0 Å². The summed E-state index contributed by atoms with van der Waals surface area (Å²) in [7, 11) is 0. The number of hydrogen-bond donors (Lipinski definition) is 0. The topological polar surface area (TPSA) is 38.7 Å². The zero-order chi connectivity index (χ0) is 11.0. The van der Waals surface area contributed by atoms with Gasteiger partial charge in [0.1, 0.15) is 18.0 Å². The predicted octanol–water partition coefficient (Wildman–Crippen LogP) is 2.22. The quantitative estimate of drug-likeness (QED) is 0.617. The summed E-state index contributed by atoms with van der Waals surface area (Å²) < 4.78 is 5.60. The molecule has 1 aromatic carbocycles. The number of aliphatic imine (C=N–C) groups is 1. The van der Waals surface area contributed by atoms with Crippen LogP contribution in [0.15, 0.2) is 53.1 Å². The number of benzene rings is 1. The maximum atomic E-state index is 11.2. The molecule has 3 nitrogen and oxygen atoms in total. The fraction of sp³-hybridized carbons (Fsp3) is 0.0769. The number of hydrogen-bond acceptors (Lipinski definition) is 3. The molecule has 0 N–H and O–H groups in total. The predicted molar refractivity (Wildman–Crippen MR) is 61.3 cm³/mol. The second-order valence-corrected chi connectivity index (χ2v) is 3.66. The summed E-state index contributed by atoms with van der Waals surface area (Å²) in [5.74, 6) is 0.745. The number of rotatable bonds is 0. The number of carbonyl (C=O) groups excluding carboxylic acids is 1. The van der Waals surface area contributed by atoms with E-state index in [-0.39, 0.29) is 5.78 Å². The zero-order valence-electron chi connectivity index (χ0n) is 8.51. The van der Waals surface area contributed by atoms with E-state index in [9.17, 15) is 4.79 Å². The molecule has 0 bridgehead atoms. The van der Waals surface area contributed by atoms with Crippen molar-refractivity contribution in [2.45, 2.75) is 0 Å². The van der Waals surface area contributed by atoms with E-state index in [0.29, 0.717) is 6.61 Å². The van der Waals surface area contributed by atoms with Crippen LogP contribution in [0.1, 0.15) is 0 Å². The molecule has 0 atom stereocenters. The van der Waals surface area contributed by atoms with Crippen LogP contribution in [0.25, 0.3) is 0 Å². The van der Waals surface area contributed by atoms with E-state index in [0.717, 1.165) is 22.7 Å². The molecule has 0 aromatic heterocycles. The van der Waals surface area contributed by atoms with Gasteiger partial charge in [0, 0.05) is 5.57 Å². The number of nitrogens with zero attached hydrogens (tertiary/aromatic N) is 1. The van der Waals surface area contributed by atoms with Gasteiger partial charge in [-0.05, 0) is 30.4 Å². The van der Waals surface area contributed by atoms with E-state index in [2.05, 4.69) is 4.99 Å². The molecular weight excluding hydrogens is 202 g/mol. The molecule has 1 aliphatic carbocycles. The lowest BCUT2D eigenvalue weighted by atomic mass is 10.0. The molecule has 2 aliphatic rings. The average Bonchev–Trinajstić information content (AvgIpc) is 2.48. The highest BCUT2D eigenvalue weighted by Gasteiger charge is 2.17. The highest BCUT2D eigenvalue weighted by Crippen LogP contribution is 2.31. The Bertz CT molecular complexity index is 553. The Kier molecular flexibility index (Phi) is 1.96. The third-order valence-electron chi connectivity index (χ3n) is 2.54. The molecule has 0 radical (unpaired) electrons. The molecule has 3 rings (SSSR count). The SMILES string of the molecule is O=C1C=CC2=Nc3ccccc3OCC2=C1. The Morgan fingerprint density at radius 1 is 1.19 bits per heavy atom. The minimum absolute atomic E-state index is 0.0106. The van der Waals surface area contributed by atoms with E-state index in [4.69, 9.17) is 4.74 Å². The van der Waals surface area contributed by atoms with Crippen LogP contribution in [-0.2, 0) is 4.79 Å². The van der Waals surface area contributed by atoms with Gasteiger partial charge in [0.2, 0.25) is 0 Å². The van der Waals surface area contributed by atoms with Crippen molar-refractivity contribution in [3.63, 3.8) is 0 Å². The standard InChI is InChI=1S/C13H9NO2/c15-10-5-6-11-9(7-10)8-16-13-4-2-1-3-12(13)14-11/h1-7H,8H2. The van der Waals surface area contributed by atoms with Crippen molar-refractivity contribution < 1.29 is 9.53 Å². The summed E-state index contributed by atoms with van der Waals surface area (Å²) in [6.07, 6.45) is 4.84. The molecular formula is C13H9NO2. The molecule has 1 heterocycles. The second-order valence-electron chi connectivity index (χ2n) is 3.66. The first-order valence-electron chi connectivity index (χ1n) is 5.06. The molecule has 0 spiro atoms. The normalized spacial score (nSPS) is 17.6. The third-order valence-corrected chi connectivity index (χ3v) is 2.54. The van der Waals surface area contributed by atoms with Gasteiger partial charge < -0.3 is 4.74 Å². The van der Waals surface area contributed by atoms with Crippen LogP contribution in [0.3, 0.4) is 0 Å². The van der Waals surface area contributed by atoms with E-state index in [1.165, 1.54) is 6.08 Å². The summed E-state index contributed by atoms with van der Waals surface area (Å²) in [5.41, 5.74) is 2.45. The molecule has 0 unspecified atom stereocenters. The highest BCUT2D eigenvalue weighted by atomic mass is 16.5. The lowest BCUT2D eigenvalue weighted by Gasteiger charge is -2.07. The van der Waals surface area contributed by atoms with Gasteiger partial charge in [-0.15, -0.1) is 0 Å². The Balaban J connectivity index is 2.12. The smallest absolute Gasteiger partial charge is 0.179 e. The second kappa shape index (κ2) is 3.45. The maximum absolute atomic E-state index is 11.2. The lowest BCUT2D eigenvalue weighted by molar-refractivity contribution is -0.110. The van der Waals surface area contributed by atoms with Crippen LogP contribution in [-0.4, -0.2) is 18.1 Å². The van der Waals surface area contributed by atoms with Gasteiger partial charge in [0.15, 0.2) is 5.78 Å². The van der Waals surface area contributed by atoms with Gasteiger partial charge in [0.25, 0.3) is 0 Å². The summed E-state index contributed by atoms with van der Waals surface area (Å²) in [4.78, 5) is 15.7. The first kappa shape index (κ1) is 9.09. The minimum Gasteiger partial charge on any atom is -0.487 e. The Hall–Kier alpha value is -2.16. The summed E-state index contributed by atoms with van der Waals surface area (Å²) in [5, 5.41) is 0. The Morgan fingerprint density at radius 2 is 2.06 bits per heavy atom. The molecule has 0 saturated heterocycles. The van der Waals surface area contributed by atoms with Crippen molar-refractivity contribution in [2.24, 2.45) is 4.99 Å².